The van der Waals surface area contributed by atoms with Gasteiger partial charge in [-0.1, -0.05) is 13.8 Å². The minimum absolute atomic E-state index is 0.432. The van der Waals surface area contributed by atoms with Crippen LogP contribution in [0.3, 0.4) is 0 Å². The molecule has 3 N–H and O–H groups in total. The lowest BCUT2D eigenvalue weighted by Crippen LogP contribution is -2.34. The summed E-state index contributed by atoms with van der Waals surface area (Å²) in [5.74, 6) is 1.23. The van der Waals surface area contributed by atoms with E-state index in [2.05, 4.69) is 13.8 Å². The van der Waals surface area contributed by atoms with Crippen molar-refractivity contribution in [1.82, 2.24) is 0 Å². The highest BCUT2D eigenvalue weighted by atomic mass is 16.3. The van der Waals surface area contributed by atoms with Gasteiger partial charge in [-0.05, 0) is 50.5 Å². The maximum absolute atomic E-state index is 10.3. The van der Waals surface area contributed by atoms with Crippen LogP contribution in [-0.2, 0) is 0 Å². The van der Waals surface area contributed by atoms with Crippen LogP contribution >= 0.6 is 0 Å². The van der Waals surface area contributed by atoms with Gasteiger partial charge < -0.3 is 10.8 Å². The fourth-order valence-electron chi connectivity index (χ4n) is 1.94. The number of aliphatic hydroxyl groups is 1. The highest BCUT2D eigenvalue weighted by Crippen LogP contribution is 2.44. The third-order valence-electron chi connectivity index (χ3n) is 3.07. The Bertz CT molecular complexity index is 154. The Morgan fingerprint density at radius 3 is 2.38 bits per heavy atom. The highest BCUT2D eigenvalue weighted by Gasteiger charge is 2.42. The molecule has 1 aliphatic carbocycles. The Kier molecular flexibility index (Phi) is 3.74. The average Bonchev–Trinajstić information content (AvgIpc) is 2.83. The normalized spacial score (nSPS) is 21.9. The lowest BCUT2D eigenvalue weighted by molar-refractivity contribution is -0.00156. The van der Waals surface area contributed by atoms with E-state index in [0.29, 0.717) is 18.4 Å². The van der Waals surface area contributed by atoms with Crippen molar-refractivity contribution in [3.8, 4) is 0 Å². The number of hydrogen-bond acceptors (Lipinski definition) is 2. The zero-order valence-corrected chi connectivity index (χ0v) is 8.92. The summed E-state index contributed by atoms with van der Waals surface area (Å²) >= 11 is 0. The minimum atomic E-state index is -0.432. The van der Waals surface area contributed by atoms with Crippen LogP contribution in [0, 0.1) is 11.8 Å². The van der Waals surface area contributed by atoms with Crippen LogP contribution < -0.4 is 5.73 Å². The topological polar surface area (TPSA) is 46.2 Å². The molecule has 1 unspecified atom stereocenters. The van der Waals surface area contributed by atoms with Crippen LogP contribution in [0.5, 0.6) is 0 Å². The predicted octanol–water partition coefficient (Wildman–Crippen LogP) is 1.91. The van der Waals surface area contributed by atoms with Crippen molar-refractivity contribution in [2.45, 2.75) is 51.6 Å². The van der Waals surface area contributed by atoms with E-state index in [0.717, 1.165) is 19.3 Å². The van der Waals surface area contributed by atoms with E-state index in [1.165, 1.54) is 12.8 Å². The van der Waals surface area contributed by atoms with E-state index in [9.17, 15) is 5.11 Å². The van der Waals surface area contributed by atoms with Gasteiger partial charge in [-0.3, -0.25) is 0 Å². The van der Waals surface area contributed by atoms with E-state index in [-0.39, 0.29) is 0 Å². The van der Waals surface area contributed by atoms with Crippen molar-refractivity contribution in [3.63, 3.8) is 0 Å². The van der Waals surface area contributed by atoms with Gasteiger partial charge in [-0.25, -0.2) is 0 Å². The molecule has 0 amide bonds. The van der Waals surface area contributed by atoms with Crippen molar-refractivity contribution < 1.29 is 5.11 Å². The molecule has 0 aromatic carbocycles. The first-order chi connectivity index (χ1) is 6.08. The lowest BCUT2D eigenvalue weighted by Gasteiger charge is -2.28. The lowest BCUT2D eigenvalue weighted by atomic mass is 9.86. The molecule has 0 saturated heterocycles. The first-order valence-electron chi connectivity index (χ1n) is 5.51. The molecular formula is C11H23NO. The fraction of sp³-hybridized carbons (Fsp3) is 1.00. The third-order valence-corrected chi connectivity index (χ3v) is 3.07. The molecular weight excluding hydrogens is 162 g/mol. The molecule has 0 heterocycles. The van der Waals surface area contributed by atoms with Crippen molar-refractivity contribution in [1.29, 1.82) is 0 Å². The van der Waals surface area contributed by atoms with Gasteiger partial charge in [-0.2, -0.15) is 0 Å². The second-order valence-corrected chi connectivity index (χ2v) is 4.85. The summed E-state index contributed by atoms with van der Waals surface area (Å²) in [6.07, 6.45) is 5.24. The number of hydrogen-bond donors (Lipinski definition) is 2. The van der Waals surface area contributed by atoms with Gasteiger partial charge in [0, 0.05) is 0 Å². The van der Waals surface area contributed by atoms with Crippen LogP contribution in [0.2, 0.25) is 0 Å². The van der Waals surface area contributed by atoms with Gasteiger partial charge >= 0.3 is 0 Å². The zero-order valence-electron chi connectivity index (χ0n) is 8.92. The van der Waals surface area contributed by atoms with Crippen molar-refractivity contribution in [2.24, 2.45) is 17.6 Å². The van der Waals surface area contributed by atoms with E-state index in [1.807, 2.05) is 0 Å². The minimum Gasteiger partial charge on any atom is -0.390 e. The summed E-state index contributed by atoms with van der Waals surface area (Å²) in [4.78, 5) is 0. The molecule has 0 aromatic rings. The van der Waals surface area contributed by atoms with Crippen LogP contribution in [-0.4, -0.2) is 17.3 Å². The number of rotatable bonds is 6. The largest absolute Gasteiger partial charge is 0.390 e. The average molecular weight is 185 g/mol. The van der Waals surface area contributed by atoms with Gasteiger partial charge in [0.1, 0.15) is 0 Å². The van der Waals surface area contributed by atoms with E-state index < -0.39 is 5.60 Å². The Morgan fingerprint density at radius 1 is 1.38 bits per heavy atom. The molecule has 13 heavy (non-hydrogen) atoms. The molecule has 2 heteroatoms. The Hall–Kier alpha value is -0.0800. The highest BCUT2D eigenvalue weighted by molar-refractivity contribution is 4.94. The zero-order chi connectivity index (χ0) is 9.90. The summed E-state index contributed by atoms with van der Waals surface area (Å²) < 4.78 is 0. The molecule has 0 radical (unpaired) electrons. The maximum Gasteiger partial charge on any atom is 0.0687 e. The molecule has 0 aromatic heterocycles. The smallest absolute Gasteiger partial charge is 0.0687 e. The SMILES string of the molecule is CC(C)CCC(O)(CCN)C1CC1. The second-order valence-electron chi connectivity index (χ2n) is 4.85. The van der Waals surface area contributed by atoms with Crippen LogP contribution in [0.4, 0.5) is 0 Å². The van der Waals surface area contributed by atoms with Crippen molar-refractivity contribution >= 4 is 0 Å². The molecule has 1 fully saturated rings. The Labute approximate surface area is 81.5 Å². The molecule has 0 bridgehead atoms. The third kappa shape index (κ3) is 3.28. The first-order valence-corrected chi connectivity index (χ1v) is 5.51. The monoisotopic (exact) mass is 185 g/mol. The summed E-state index contributed by atoms with van der Waals surface area (Å²) in [5.41, 5.74) is 5.10. The van der Waals surface area contributed by atoms with Crippen molar-refractivity contribution in [2.75, 3.05) is 6.54 Å². The van der Waals surface area contributed by atoms with E-state index in [1.54, 1.807) is 0 Å². The second kappa shape index (κ2) is 4.43. The first kappa shape index (κ1) is 11.0. The molecule has 1 atom stereocenters. The van der Waals surface area contributed by atoms with Crippen LogP contribution in [0.1, 0.15) is 46.0 Å². The molecule has 78 valence electrons. The molecule has 0 spiro atoms. The number of nitrogens with two attached hydrogens (primary N) is 1. The molecule has 1 rings (SSSR count). The van der Waals surface area contributed by atoms with Gasteiger partial charge in [-0.15, -0.1) is 0 Å². The summed E-state index contributed by atoms with van der Waals surface area (Å²) in [7, 11) is 0. The molecule has 1 saturated carbocycles. The van der Waals surface area contributed by atoms with Gasteiger partial charge in [0.25, 0.3) is 0 Å². The summed E-state index contributed by atoms with van der Waals surface area (Å²) in [6.45, 7) is 5.02. The molecule has 0 aliphatic heterocycles. The fourth-order valence-corrected chi connectivity index (χ4v) is 1.94. The van der Waals surface area contributed by atoms with Gasteiger partial charge in [0.2, 0.25) is 0 Å². The Morgan fingerprint density at radius 2 is 2.00 bits per heavy atom. The predicted molar refractivity (Wildman–Crippen MR) is 55.4 cm³/mol. The quantitative estimate of drug-likeness (QED) is 0.664. The Balaban J connectivity index is 2.36. The standard InChI is InChI=1S/C11H23NO/c1-9(2)5-6-11(13,7-8-12)10-3-4-10/h9-10,13H,3-8,12H2,1-2H3. The van der Waals surface area contributed by atoms with Crippen LogP contribution in [0.25, 0.3) is 0 Å². The summed E-state index contributed by atoms with van der Waals surface area (Å²) in [6, 6.07) is 0. The van der Waals surface area contributed by atoms with E-state index in [4.69, 9.17) is 5.73 Å². The summed E-state index contributed by atoms with van der Waals surface area (Å²) in [5, 5.41) is 10.3. The van der Waals surface area contributed by atoms with E-state index >= 15 is 0 Å². The maximum atomic E-state index is 10.3. The van der Waals surface area contributed by atoms with Gasteiger partial charge in [0.15, 0.2) is 0 Å². The molecule has 2 nitrogen and oxygen atoms in total. The van der Waals surface area contributed by atoms with Crippen molar-refractivity contribution in [3.05, 3.63) is 0 Å². The van der Waals surface area contributed by atoms with Crippen LogP contribution in [0.15, 0.2) is 0 Å². The molecule has 1 aliphatic rings. The van der Waals surface area contributed by atoms with Gasteiger partial charge in [0.05, 0.1) is 5.60 Å².